The van der Waals surface area contributed by atoms with Crippen molar-refractivity contribution in [2.45, 2.75) is 18.9 Å². The minimum Gasteiger partial charge on any atom is -0.507 e. The van der Waals surface area contributed by atoms with Gasteiger partial charge < -0.3 is 19.6 Å². The number of fused-ring (bicyclic) bond motifs is 2. The number of nitrogens with zero attached hydrogens (tertiary/aromatic N) is 3. The monoisotopic (exact) mass is 493 g/mol. The van der Waals surface area contributed by atoms with Crippen LogP contribution in [-0.2, 0) is 24.7 Å². The Bertz CT molecular complexity index is 1290. The van der Waals surface area contributed by atoms with Gasteiger partial charge in [-0.05, 0) is 31.0 Å². The molecule has 8 nitrogen and oxygen atoms in total. The molecule has 0 aliphatic carbocycles. The van der Waals surface area contributed by atoms with E-state index in [0.717, 1.165) is 19.2 Å². The van der Waals surface area contributed by atoms with Crippen LogP contribution in [-0.4, -0.2) is 78.9 Å². The molecule has 2 fully saturated rings. The number of aliphatic hydroxyl groups excluding tert-OH is 1. The SMILES string of the molecule is Cc1ccc(C(O)=C2C(=O)C(=O)N(CCCN3CCOCC3)[C@]23C(=O)N(C)c2ccccc23)cc1F. The quantitative estimate of drug-likeness (QED) is 0.391. The molecule has 2 aromatic rings. The second kappa shape index (κ2) is 9.15. The van der Waals surface area contributed by atoms with Gasteiger partial charge in [0, 0.05) is 50.0 Å². The number of carbonyl (C=O) groups is 3. The van der Waals surface area contributed by atoms with Gasteiger partial charge in [-0.3, -0.25) is 19.3 Å². The third-order valence-electron chi connectivity index (χ3n) is 7.34. The highest BCUT2D eigenvalue weighted by molar-refractivity contribution is 6.50. The molecule has 1 N–H and O–H groups in total. The summed E-state index contributed by atoms with van der Waals surface area (Å²) in [5, 5.41) is 11.3. The first-order chi connectivity index (χ1) is 17.3. The maximum atomic E-state index is 14.4. The van der Waals surface area contributed by atoms with E-state index in [1.807, 2.05) is 0 Å². The number of carbonyl (C=O) groups excluding carboxylic acids is 3. The highest BCUT2D eigenvalue weighted by atomic mass is 19.1. The number of likely N-dealkylation sites (tertiary alicyclic amines) is 1. The van der Waals surface area contributed by atoms with Crippen LogP contribution in [0.5, 0.6) is 0 Å². The van der Waals surface area contributed by atoms with Crippen molar-refractivity contribution < 1.29 is 28.6 Å². The van der Waals surface area contributed by atoms with E-state index in [0.29, 0.717) is 43.0 Å². The van der Waals surface area contributed by atoms with Crippen molar-refractivity contribution in [1.82, 2.24) is 9.80 Å². The minimum atomic E-state index is -1.82. The van der Waals surface area contributed by atoms with Crippen molar-refractivity contribution in [3.63, 3.8) is 0 Å². The van der Waals surface area contributed by atoms with Gasteiger partial charge >= 0.3 is 0 Å². The van der Waals surface area contributed by atoms with Crippen LogP contribution in [0.2, 0.25) is 0 Å². The van der Waals surface area contributed by atoms with E-state index in [2.05, 4.69) is 4.90 Å². The molecule has 0 radical (unpaired) electrons. The van der Waals surface area contributed by atoms with Crippen LogP contribution >= 0.6 is 0 Å². The number of aryl methyl sites for hydroxylation is 1. The van der Waals surface area contributed by atoms with E-state index in [4.69, 9.17) is 4.74 Å². The third kappa shape index (κ3) is 3.53. The summed E-state index contributed by atoms with van der Waals surface area (Å²) in [6, 6.07) is 11.0. The molecule has 0 aromatic heterocycles. The molecule has 5 rings (SSSR count). The maximum Gasteiger partial charge on any atom is 0.296 e. The number of para-hydroxylation sites is 1. The molecule has 9 heteroatoms. The molecule has 2 amide bonds. The molecule has 0 unspecified atom stereocenters. The number of likely N-dealkylation sites (N-methyl/N-ethyl adjacent to an activating group) is 1. The van der Waals surface area contributed by atoms with Gasteiger partial charge in [-0.25, -0.2) is 4.39 Å². The van der Waals surface area contributed by atoms with E-state index in [1.165, 1.54) is 21.9 Å². The number of hydrogen-bond acceptors (Lipinski definition) is 6. The van der Waals surface area contributed by atoms with Crippen molar-refractivity contribution >= 4 is 29.0 Å². The summed E-state index contributed by atoms with van der Waals surface area (Å²) in [5.74, 6) is -3.46. The minimum absolute atomic E-state index is 0.0311. The summed E-state index contributed by atoms with van der Waals surface area (Å²) in [5.41, 5.74) is -0.768. The van der Waals surface area contributed by atoms with Crippen molar-refractivity contribution in [2.75, 3.05) is 51.3 Å². The Morgan fingerprint density at radius 2 is 1.81 bits per heavy atom. The fourth-order valence-electron chi connectivity index (χ4n) is 5.43. The number of ether oxygens (including phenoxy) is 1. The zero-order chi connectivity index (χ0) is 25.6. The Balaban J connectivity index is 1.64. The number of amides is 2. The van der Waals surface area contributed by atoms with Gasteiger partial charge in [-0.2, -0.15) is 0 Å². The number of hydrogen-bond donors (Lipinski definition) is 1. The third-order valence-corrected chi connectivity index (χ3v) is 7.34. The molecule has 0 bridgehead atoms. The van der Waals surface area contributed by atoms with Gasteiger partial charge in [0.2, 0.25) is 0 Å². The molecule has 3 heterocycles. The van der Waals surface area contributed by atoms with Gasteiger partial charge in [-0.15, -0.1) is 0 Å². The molecule has 2 saturated heterocycles. The number of ketones is 1. The van der Waals surface area contributed by atoms with Crippen LogP contribution in [0.4, 0.5) is 10.1 Å². The molecule has 1 atom stereocenters. The molecular weight excluding hydrogens is 465 g/mol. The van der Waals surface area contributed by atoms with Gasteiger partial charge in [0.1, 0.15) is 11.6 Å². The fraction of sp³-hybridized carbons (Fsp3) is 0.370. The normalized spacial score (nSPS) is 23.7. The average molecular weight is 494 g/mol. The number of Topliss-reactive ketones (excluding diaryl/α,β-unsaturated/α-hetero) is 1. The number of aliphatic hydroxyl groups is 1. The summed E-state index contributed by atoms with van der Waals surface area (Å²) in [7, 11) is 1.58. The Labute approximate surface area is 208 Å². The summed E-state index contributed by atoms with van der Waals surface area (Å²) in [6.45, 7) is 5.19. The van der Waals surface area contributed by atoms with E-state index in [-0.39, 0.29) is 17.7 Å². The lowest BCUT2D eigenvalue weighted by Gasteiger charge is -2.35. The number of morpholine rings is 1. The second-order valence-electron chi connectivity index (χ2n) is 9.37. The predicted octanol–water partition coefficient (Wildman–Crippen LogP) is 2.41. The first kappa shape index (κ1) is 24.1. The highest BCUT2D eigenvalue weighted by Crippen LogP contribution is 2.53. The molecule has 188 valence electrons. The van der Waals surface area contributed by atoms with Crippen LogP contribution in [0, 0.1) is 12.7 Å². The van der Waals surface area contributed by atoms with E-state index in [1.54, 1.807) is 38.2 Å². The van der Waals surface area contributed by atoms with Crippen LogP contribution in [0.15, 0.2) is 48.0 Å². The van der Waals surface area contributed by atoms with E-state index >= 15 is 0 Å². The van der Waals surface area contributed by atoms with E-state index in [9.17, 15) is 23.9 Å². The van der Waals surface area contributed by atoms with Crippen molar-refractivity contribution in [3.8, 4) is 0 Å². The molecule has 36 heavy (non-hydrogen) atoms. The van der Waals surface area contributed by atoms with Gasteiger partial charge in [0.05, 0.1) is 18.8 Å². The van der Waals surface area contributed by atoms with Crippen molar-refractivity contribution in [2.24, 2.45) is 0 Å². The topological polar surface area (TPSA) is 90.4 Å². The number of rotatable bonds is 5. The summed E-state index contributed by atoms with van der Waals surface area (Å²) >= 11 is 0. The Hall–Kier alpha value is -3.56. The first-order valence-electron chi connectivity index (χ1n) is 12.0. The molecule has 1 spiro atoms. The Morgan fingerprint density at radius 1 is 1.08 bits per heavy atom. The van der Waals surface area contributed by atoms with E-state index < -0.39 is 34.7 Å². The molecule has 0 saturated carbocycles. The van der Waals surface area contributed by atoms with Crippen molar-refractivity contribution in [3.05, 3.63) is 70.5 Å². The zero-order valence-electron chi connectivity index (χ0n) is 20.3. The summed E-state index contributed by atoms with van der Waals surface area (Å²) < 4.78 is 19.8. The van der Waals surface area contributed by atoms with Crippen LogP contribution in [0.3, 0.4) is 0 Å². The smallest absolute Gasteiger partial charge is 0.296 e. The fourth-order valence-corrected chi connectivity index (χ4v) is 5.43. The molecule has 3 aliphatic heterocycles. The molecule has 2 aromatic carbocycles. The largest absolute Gasteiger partial charge is 0.507 e. The van der Waals surface area contributed by atoms with Crippen LogP contribution < -0.4 is 4.90 Å². The number of anilines is 1. The summed E-state index contributed by atoms with van der Waals surface area (Å²) in [6.07, 6.45) is 0.521. The van der Waals surface area contributed by atoms with Gasteiger partial charge in [0.15, 0.2) is 5.54 Å². The Kier molecular flexibility index (Phi) is 6.13. The zero-order valence-corrected chi connectivity index (χ0v) is 20.3. The van der Waals surface area contributed by atoms with Gasteiger partial charge in [-0.1, -0.05) is 30.3 Å². The standard InChI is InChI=1S/C27H28FN3O5/c1-17-8-9-18(16-20(17)28)23(32)22-24(33)25(34)31(11-5-10-30-12-14-36-15-13-30)27(22)19-6-3-4-7-21(19)29(2)26(27)35/h3-4,6-9,16,32H,5,10-15H2,1-2H3/t27-/m0/s1. The van der Waals surface area contributed by atoms with Crippen molar-refractivity contribution in [1.29, 1.82) is 0 Å². The van der Waals surface area contributed by atoms with Crippen LogP contribution in [0.1, 0.15) is 23.1 Å². The average Bonchev–Trinajstić information content (AvgIpc) is 3.24. The number of benzene rings is 2. The predicted molar refractivity (Wildman–Crippen MR) is 131 cm³/mol. The lowest BCUT2D eigenvalue weighted by Crippen LogP contribution is -2.52. The first-order valence-corrected chi connectivity index (χ1v) is 12.0. The Morgan fingerprint density at radius 3 is 2.53 bits per heavy atom. The molecule has 3 aliphatic rings. The second-order valence-corrected chi connectivity index (χ2v) is 9.37. The van der Waals surface area contributed by atoms with Crippen LogP contribution in [0.25, 0.3) is 5.76 Å². The summed E-state index contributed by atoms with van der Waals surface area (Å²) in [4.78, 5) is 45.8. The maximum absolute atomic E-state index is 14.4. The number of halogens is 1. The molecular formula is C27H28FN3O5. The highest BCUT2D eigenvalue weighted by Gasteiger charge is 2.66. The van der Waals surface area contributed by atoms with Gasteiger partial charge in [0.25, 0.3) is 17.6 Å². The lowest BCUT2D eigenvalue weighted by molar-refractivity contribution is -0.143. The lowest BCUT2D eigenvalue weighted by atomic mass is 9.81.